The van der Waals surface area contributed by atoms with Gasteiger partial charge in [-0.05, 0) is 31.0 Å². The predicted molar refractivity (Wildman–Crippen MR) is 115 cm³/mol. The quantitative estimate of drug-likeness (QED) is 0.327. The summed E-state index contributed by atoms with van der Waals surface area (Å²) in [5, 5.41) is 13.3. The van der Waals surface area contributed by atoms with Crippen molar-refractivity contribution in [1.29, 1.82) is 0 Å². The molecule has 1 amide bonds. The summed E-state index contributed by atoms with van der Waals surface area (Å²) in [5.74, 6) is 0.704. The van der Waals surface area contributed by atoms with Gasteiger partial charge in [0.2, 0.25) is 0 Å². The molecule has 0 saturated carbocycles. The van der Waals surface area contributed by atoms with Crippen LogP contribution in [0.1, 0.15) is 28.4 Å². The van der Waals surface area contributed by atoms with Gasteiger partial charge in [0.25, 0.3) is 5.91 Å². The Morgan fingerprint density at radius 1 is 1.27 bits per heavy atom. The van der Waals surface area contributed by atoms with Crippen molar-refractivity contribution in [1.82, 2.24) is 25.7 Å². The minimum atomic E-state index is -0.0684. The molecule has 0 bridgehead atoms. The molecular formula is C18H27IN6O. The molecule has 26 heavy (non-hydrogen) atoms. The van der Waals surface area contributed by atoms with Gasteiger partial charge in [-0.15, -0.1) is 24.0 Å². The number of guanidine groups is 1. The molecule has 2 aromatic rings. The molecule has 0 aliphatic rings. The van der Waals surface area contributed by atoms with Crippen molar-refractivity contribution in [2.45, 2.75) is 19.9 Å². The third-order valence-electron chi connectivity index (χ3n) is 3.64. The summed E-state index contributed by atoms with van der Waals surface area (Å²) in [4.78, 5) is 16.3. The van der Waals surface area contributed by atoms with E-state index in [1.807, 2.05) is 50.6 Å². The molecule has 7 nitrogen and oxygen atoms in total. The van der Waals surface area contributed by atoms with Crippen molar-refractivity contribution in [3.63, 3.8) is 0 Å². The molecule has 0 unspecified atom stereocenters. The van der Waals surface area contributed by atoms with Crippen molar-refractivity contribution >= 4 is 35.8 Å². The zero-order valence-corrected chi connectivity index (χ0v) is 17.8. The first-order chi connectivity index (χ1) is 12.1. The first kappa shape index (κ1) is 21.9. The van der Waals surface area contributed by atoms with Gasteiger partial charge in [-0.3, -0.25) is 9.48 Å². The number of hydrogen-bond acceptors (Lipinski definition) is 3. The van der Waals surface area contributed by atoms with E-state index in [9.17, 15) is 4.79 Å². The van der Waals surface area contributed by atoms with Gasteiger partial charge in [0, 0.05) is 44.5 Å². The van der Waals surface area contributed by atoms with Crippen molar-refractivity contribution in [2.24, 2.45) is 12.0 Å². The van der Waals surface area contributed by atoms with E-state index < -0.39 is 0 Å². The molecule has 0 aliphatic carbocycles. The van der Waals surface area contributed by atoms with Gasteiger partial charge in [-0.2, -0.15) is 5.10 Å². The summed E-state index contributed by atoms with van der Waals surface area (Å²) in [6, 6.07) is 7.66. The van der Waals surface area contributed by atoms with Crippen molar-refractivity contribution in [2.75, 3.05) is 20.1 Å². The number of nitrogens with one attached hydrogen (secondary N) is 3. The maximum Gasteiger partial charge on any atom is 0.251 e. The number of rotatable bonds is 7. The van der Waals surface area contributed by atoms with E-state index in [0.29, 0.717) is 12.1 Å². The number of aliphatic imine (C=N–C) groups is 1. The average molecular weight is 470 g/mol. The second-order valence-electron chi connectivity index (χ2n) is 5.67. The van der Waals surface area contributed by atoms with Gasteiger partial charge in [0.05, 0.1) is 12.7 Å². The molecule has 3 N–H and O–H groups in total. The smallest absolute Gasteiger partial charge is 0.251 e. The predicted octanol–water partition coefficient (Wildman–Crippen LogP) is 1.70. The normalized spacial score (nSPS) is 10.8. The minimum absolute atomic E-state index is 0. The van der Waals surface area contributed by atoms with Crippen LogP contribution >= 0.6 is 24.0 Å². The fourth-order valence-corrected chi connectivity index (χ4v) is 2.40. The molecule has 2 rings (SSSR count). The largest absolute Gasteiger partial charge is 0.357 e. The average Bonchev–Trinajstić information content (AvgIpc) is 3.04. The molecule has 1 aromatic heterocycles. The number of carbonyl (C=O) groups excluding carboxylic acids is 1. The Labute approximate surface area is 171 Å². The van der Waals surface area contributed by atoms with Crippen LogP contribution in [0.15, 0.2) is 41.7 Å². The first-order valence-electron chi connectivity index (χ1n) is 8.43. The molecular weight excluding hydrogens is 443 g/mol. The summed E-state index contributed by atoms with van der Waals surface area (Å²) in [7, 11) is 3.53. The number of amides is 1. The third-order valence-corrected chi connectivity index (χ3v) is 3.64. The van der Waals surface area contributed by atoms with Crippen LogP contribution in [0, 0.1) is 0 Å². The standard InChI is InChI=1S/C18H26N6O.HI/c1-4-20-18(22-11-15-12-23-24(3)13-15)21-9-8-14-6-5-7-16(10-14)17(25)19-2;/h5-7,10,12-13H,4,8-9,11H2,1-3H3,(H,19,25)(H2,20,21,22);1H. The lowest BCUT2D eigenvalue weighted by Crippen LogP contribution is -2.38. The number of carbonyl (C=O) groups is 1. The van der Waals surface area contributed by atoms with Crippen LogP contribution in [-0.4, -0.2) is 41.8 Å². The third kappa shape index (κ3) is 7.03. The summed E-state index contributed by atoms with van der Waals surface area (Å²) in [6.45, 7) is 4.14. The first-order valence-corrected chi connectivity index (χ1v) is 8.43. The van der Waals surface area contributed by atoms with Crippen molar-refractivity contribution in [3.8, 4) is 0 Å². The summed E-state index contributed by atoms with van der Waals surface area (Å²) < 4.78 is 1.77. The Bertz CT molecular complexity index is 728. The lowest BCUT2D eigenvalue weighted by molar-refractivity contribution is 0.0963. The lowest BCUT2D eigenvalue weighted by Gasteiger charge is -2.11. The van der Waals surface area contributed by atoms with E-state index in [2.05, 4.69) is 26.0 Å². The molecule has 0 aliphatic heterocycles. The molecule has 1 heterocycles. The highest BCUT2D eigenvalue weighted by atomic mass is 127. The van der Waals surface area contributed by atoms with E-state index in [1.54, 1.807) is 11.7 Å². The number of aromatic nitrogens is 2. The Hall–Kier alpha value is -2.10. The van der Waals surface area contributed by atoms with Crippen LogP contribution in [0.4, 0.5) is 0 Å². The molecule has 0 atom stereocenters. The highest BCUT2D eigenvalue weighted by molar-refractivity contribution is 14.0. The molecule has 0 fully saturated rings. The van der Waals surface area contributed by atoms with Crippen LogP contribution in [0.2, 0.25) is 0 Å². The van der Waals surface area contributed by atoms with Crippen molar-refractivity contribution in [3.05, 3.63) is 53.3 Å². The molecule has 0 spiro atoms. The number of aryl methyl sites for hydroxylation is 1. The summed E-state index contributed by atoms with van der Waals surface area (Å²) in [5.41, 5.74) is 2.85. The van der Waals surface area contributed by atoms with Gasteiger partial charge in [-0.1, -0.05) is 12.1 Å². The van der Waals surface area contributed by atoms with Gasteiger partial charge < -0.3 is 16.0 Å². The molecule has 142 valence electrons. The lowest BCUT2D eigenvalue weighted by atomic mass is 10.1. The van der Waals surface area contributed by atoms with Crippen LogP contribution in [0.5, 0.6) is 0 Å². The fraction of sp³-hybridized carbons (Fsp3) is 0.389. The number of benzene rings is 1. The van der Waals surface area contributed by atoms with Gasteiger partial charge >= 0.3 is 0 Å². The van der Waals surface area contributed by atoms with Gasteiger partial charge in [0.1, 0.15) is 0 Å². The topological polar surface area (TPSA) is 83.3 Å². The number of halogens is 1. The van der Waals surface area contributed by atoms with Crippen LogP contribution < -0.4 is 16.0 Å². The maximum absolute atomic E-state index is 11.7. The second-order valence-corrected chi connectivity index (χ2v) is 5.67. The Morgan fingerprint density at radius 3 is 2.73 bits per heavy atom. The summed E-state index contributed by atoms with van der Waals surface area (Å²) in [6.07, 6.45) is 4.58. The monoisotopic (exact) mass is 470 g/mol. The van der Waals surface area contributed by atoms with Crippen LogP contribution in [0.25, 0.3) is 0 Å². The second kappa shape index (κ2) is 11.5. The van der Waals surface area contributed by atoms with E-state index in [4.69, 9.17) is 0 Å². The highest BCUT2D eigenvalue weighted by Crippen LogP contribution is 2.05. The zero-order valence-electron chi connectivity index (χ0n) is 15.5. The Morgan fingerprint density at radius 2 is 2.08 bits per heavy atom. The van der Waals surface area contributed by atoms with Crippen LogP contribution in [0.3, 0.4) is 0 Å². The minimum Gasteiger partial charge on any atom is -0.357 e. The highest BCUT2D eigenvalue weighted by Gasteiger charge is 2.04. The van der Waals surface area contributed by atoms with Gasteiger partial charge in [0.15, 0.2) is 5.96 Å². The number of hydrogen-bond donors (Lipinski definition) is 3. The fourth-order valence-electron chi connectivity index (χ4n) is 2.40. The van der Waals surface area contributed by atoms with Crippen molar-refractivity contribution < 1.29 is 4.79 Å². The summed E-state index contributed by atoms with van der Waals surface area (Å²) >= 11 is 0. The SMILES string of the molecule is CCNC(=NCc1cnn(C)c1)NCCc1cccc(C(=O)NC)c1.I. The van der Waals surface area contributed by atoms with Gasteiger partial charge in [-0.25, -0.2) is 4.99 Å². The Kier molecular flexibility index (Phi) is 9.71. The molecule has 0 radical (unpaired) electrons. The maximum atomic E-state index is 11.7. The molecule has 1 aromatic carbocycles. The molecule has 8 heteroatoms. The van der Waals surface area contributed by atoms with Crippen LogP contribution in [-0.2, 0) is 20.0 Å². The van der Waals surface area contributed by atoms with E-state index >= 15 is 0 Å². The Balaban J connectivity index is 0.00000338. The van der Waals surface area contributed by atoms with E-state index in [0.717, 1.165) is 36.6 Å². The number of nitrogens with zero attached hydrogens (tertiary/aromatic N) is 3. The zero-order chi connectivity index (χ0) is 18.1. The van der Waals surface area contributed by atoms with E-state index in [1.165, 1.54) is 0 Å². The molecule has 0 saturated heterocycles. The van der Waals surface area contributed by atoms with E-state index in [-0.39, 0.29) is 29.9 Å².